The zero-order chi connectivity index (χ0) is 16.2. The van der Waals surface area contributed by atoms with Crippen molar-refractivity contribution in [2.24, 2.45) is 0 Å². The second-order valence-corrected chi connectivity index (χ2v) is 6.10. The lowest BCUT2D eigenvalue weighted by molar-refractivity contribution is -0.118. The smallest absolute Gasteiger partial charge is 0.262 e. The summed E-state index contributed by atoms with van der Waals surface area (Å²) in [7, 11) is 0. The maximum atomic E-state index is 12.0. The molecule has 0 heterocycles. The molecule has 0 aromatic heterocycles. The minimum Gasteiger partial charge on any atom is -0.506 e. The van der Waals surface area contributed by atoms with Gasteiger partial charge < -0.3 is 15.2 Å². The van der Waals surface area contributed by atoms with Crippen molar-refractivity contribution < 1.29 is 14.6 Å². The van der Waals surface area contributed by atoms with Crippen LogP contribution in [-0.4, -0.2) is 17.6 Å². The number of ether oxygens (including phenoxy) is 1. The van der Waals surface area contributed by atoms with Crippen molar-refractivity contribution >= 4 is 11.6 Å². The highest BCUT2D eigenvalue weighted by atomic mass is 16.5. The van der Waals surface area contributed by atoms with Gasteiger partial charge in [0.25, 0.3) is 5.91 Å². The summed E-state index contributed by atoms with van der Waals surface area (Å²) >= 11 is 0. The average molecular weight is 299 g/mol. The molecular weight excluding hydrogens is 278 g/mol. The Labute approximate surface area is 130 Å². The normalized spacial score (nSPS) is 11.0. The monoisotopic (exact) mass is 299 g/mol. The number of para-hydroxylation sites is 3. The van der Waals surface area contributed by atoms with Gasteiger partial charge in [-0.2, -0.15) is 0 Å². The number of nitrogens with one attached hydrogen (secondary N) is 1. The van der Waals surface area contributed by atoms with Crippen molar-refractivity contribution in [1.29, 1.82) is 0 Å². The van der Waals surface area contributed by atoms with Crippen LogP contribution in [0.1, 0.15) is 26.3 Å². The highest BCUT2D eigenvalue weighted by Crippen LogP contribution is 2.31. The second kappa shape index (κ2) is 6.52. The number of anilines is 1. The number of hydrogen-bond acceptors (Lipinski definition) is 3. The number of phenols is 1. The van der Waals surface area contributed by atoms with E-state index in [9.17, 15) is 9.90 Å². The summed E-state index contributed by atoms with van der Waals surface area (Å²) in [5.74, 6) is 0.415. The Kier molecular flexibility index (Phi) is 4.71. The van der Waals surface area contributed by atoms with Gasteiger partial charge in [0.15, 0.2) is 6.61 Å². The van der Waals surface area contributed by atoms with Crippen molar-refractivity contribution in [3.8, 4) is 11.5 Å². The molecule has 1 amide bonds. The molecule has 4 nitrogen and oxygen atoms in total. The number of benzene rings is 2. The van der Waals surface area contributed by atoms with Gasteiger partial charge in [-0.05, 0) is 29.2 Å². The predicted molar refractivity (Wildman–Crippen MR) is 87.4 cm³/mol. The molecule has 0 aliphatic carbocycles. The highest BCUT2D eigenvalue weighted by Gasteiger charge is 2.19. The first-order valence-corrected chi connectivity index (χ1v) is 7.18. The molecule has 22 heavy (non-hydrogen) atoms. The maximum absolute atomic E-state index is 12.0. The summed E-state index contributed by atoms with van der Waals surface area (Å²) in [4.78, 5) is 12.0. The number of amides is 1. The van der Waals surface area contributed by atoms with Crippen molar-refractivity contribution in [3.05, 3.63) is 54.1 Å². The Hall–Kier alpha value is -2.49. The van der Waals surface area contributed by atoms with Crippen LogP contribution in [0.5, 0.6) is 11.5 Å². The fourth-order valence-corrected chi connectivity index (χ4v) is 2.12. The van der Waals surface area contributed by atoms with Gasteiger partial charge >= 0.3 is 0 Å². The van der Waals surface area contributed by atoms with E-state index in [0.717, 1.165) is 5.56 Å². The molecule has 0 saturated heterocycles. The molecule has 2 aromatic rings. The van der Waals surface area contributed by atoms with Crippen LogP contribution in [-0.2, 0) is 10.2 Å². The van der Waals surface area contributed by atoms with E-state index in [1.807, 2.05) is 24.3 Å². The van der Waals surface area contributed by atoms with E-state index in [4.69, 9.17) is 4.74 Å². The average Bonchev–Trinajstić information content (AvgIpc) is 2.47. The van der Waals surface area contributed by atoms with E-state index in [1.54, 1.807) is 18.2 Å². The van der Waals surface area contributed by atoms with Crippen LogP contribution in [0.4, 0.5) is 5.69 Å². The van der Waals surface area contributed by atoms with Crippen LogP contribution in [0.25, 0.3) is 0 Å². The van der Waals surface area contributed by atoms with Gasteiger partial charge in [0.05, 0.1) is 5.69 Å². The van der Waals surface area contributed by atoms with Crippen molar-refractivity contribution in [1.82, 2.24) is 0 Å². The number of aromatic hydroxyl groups is 1. The van der Waals surface area contributed by atoms with E-state index in [2.05, 4.69) is 26.1 Å². The van der Waals surface area contributed by atoms with Gasteiger partial charge in [-0.1, -0.05) is 51.1 Å². The first-order valence-electron chi connectivity index (χ1n) is 7.18. The van der Waals surface area contributed by atoms with Crippen LogP contribution in [0.3, 0.4) is 0 Å². The van der Waals surface area contributed by atoms with Crippen LogP contribution < -0.4 is 10.1 Å². The fraction of sp³-hybridized carbons (Fsp3) is 0.278. The van der Waals surface area contributed by atoms with E-state index >= 15 is 0 Å². The number of phenolic OH excluding ortho intramolecular Hbond substituents is 1. The zero-order valence-electron chi connectivity index (χ0n) is 13.1. The Bertz CT molecular complexity index is 659. The topological polar surface area (TPSA) is 58.6 Å². The van der Waals surface area contributed by atoms with Crippen LogP contribution in [0.15, 0.2) is 48.5 Å². The number of hydrogen-bond donors (Lipinski definition) is 2. The fourth-order valence-electron chi connectivity index (χ4n) is 2.12. The van der Waals surface area contributed by atoms with E-state index in [-0.39, 0.29) is 23.7 Å². The van der Waals surface area contributed by atoms with E-state index in [1.165, 1.54) is 6.07 Å². The molecule has 4 heteroatoms. The van der Waals surface area contributed by atoms with Crippen LogP contribution >= 0.6 is 0 Å². The summed E-state index contributed by atoms with van der Waals surface area (Å²) in [6, 6.07) is 14.3. The number of carbonyl (C=O) groups is 1. The molecule has 0 saturated carbocycles. The summed E-state index contributed by atoms with van der Waals surface area (Å²) in [6.45, 7) is 6.17. The molecular formula is C18H21NO3. The quantitative estimate of drug-likeness (QED) is 0.846. The van der Waals surface area contributed by atoms with E-state index in [0.29, 0.717) is 11.4 Å². The molecule has 0 unspecified atom stereocenters. The predicted octanol–water partition coefficient (Wildman–Crippen LogP) is 3.71. The molecule has 2 N–H and O–H groups in total. The molecule has 0 bridgehead atoms. The Morgan fingerprint density at radius 1 is 1.09 bits per heavy atom. The minimum absolute atomic E-state index is 0.0333. The molecule has 0 aliphatic rings. The third-order valence-electron chi connectivity index (χ3n) is 3.23. The molecule has 0 atom stereocenters. The Morgan fingerprint density at radius 2 is 1.73 bits per heavy atom. The van der Waals surface area contributed by atoms with Gasteiger partial charge in [-0.25, -0.2) is 0 Å². The molecule has 2 aromatic carbocycles. The summed E-state index contributed by atoms with van der Waals surface area (Å²) < 4.78 is 5.64. The Balaban J connectivity index is 2.02. The van der Waals surface area contributed by atoms with Gasteiger partial charge in [0.1, 0.15) is 11.5 Å². The number of carbonyl (C=O) groups excluding carboxylic acids is 1. The summed E-state index contributed by atoms with van der Waals surface area (Å²) in [6.07, 6.45) is 0. The summed E-state index contributed by atoms with van der Waals surface area (Å²) in [5, 5.41) is 12.3. The SMILES string of the molecule is CC(C)(C)c1ccccc1OCC(=O)Nc1ccccc1O. The Morgan fingerprint density at radius 3 is 2.41 bits per heavy atom. The van der Waals surface area contributed by atoms with Gasteiger partial charge in [-0.3, -0.25) is 4.79 Å². The van der Waals surface area contributed by atoms with Gasteiger partial charge in [0.2, 0.25) is 0 Å². The molecule has 0 radical (unpaired) electrons. The molecule has 116 valence electrons. The highest BCUT2D eigenvalue weighted by molar-refractivity contribution is 5.93. The standard InChI is InChI=1S/C18H21NO3/c1-18(2,3)13-8-4-7-11-16(13)22-12-17(21)19-14-9-5-6-10-15(14)20/h4-11,20H,12H2,1-3H3,(H,19,21). The lowest BCUT2D eigenvalue weighted by atomic mass is 9.86. The summed E-state index contributed by atoms with van der Waals surface area (Å²) in [5.41, 5.74) is 1.36. The maximum Gasteiger partial charge on any atom is 0.262 e. The molecule has 2 rings (SSSR count). The zero-order valence-corrected chi connectivity index (χ0v) is 13.1. The van der Waals surface area contributed by atoms with Crippen molar-refractivity contribution in [3.63, 3.8) is 0 Å². The number of rotatable bonds is 4. The first-order chi connectivity index (χ1) is 10.4. The second-order valence-electron chi connectivity index (χ2n) is 6.10. The van der Waals surface area contributed by atoms with Crippen molar-refractivity contribution in [2.75, 3.05) is 11.9 Å². The first kappa shape index (κ1) is 15.9. The largest absolute Gasteiger partial charge is 0.506 e. The molecule has 0 fully saturated rings. The van der Waals surface area contributed by atoms with Crippen LogP contribution in [0.2, 0.25) is 0 Å². The van der Waals surface area contributed by atoms with E-state index < -0.39 is 0 Å². The van der Waals surface area contributed by atoms with Crippen molar-refractivity contribution in [2.45, 2.75) is 26.2 Å². The third-order valence-corrected chi connectivity index (χ3v) is 3.23. The van der Waals surface area contributed by atoms with Crippen LogP contribution in [0, 0.1) is 0 Å². The molecule has 0 aliphatic heterocycles. The minimum atomic E-state index is -0.315. The van der Waals surface area contributed by atoms with Gasteiger partial charge in [-0.15, -0.1) is 0 Å². The van der Waals surface area contributed by atoms with Gasteiger partial charge in [0, 0.05) is 0 Å². The lowest BCUT2D eigenvalue weighted by Gasteiger charge is -2.22. The lowest BCUT2D eigenvalue weighted by Crippen LogP contribution is -2.22. The third kappa shape index (κ3) is 4.01. The molecule has 0 spiro atoms.